The molecule has 0 spiro atoms. The topological polar surface area (TPSA) is 94.1 Å². The van der Waals surface area contributed by atoms with E-state index >= 15 is 0 Å². The first-order valence-electron chi connectivity index (χ1n) is 6.61. The van der Waals surface area contributed by atoms with Crippen molar-refractivity contribution < 1.29 is 9.59 Å². The molecule has 0 radical (unpaired) electrons. The maximum atomic E-state index is 12.5. The molecule has 7 nitrogen and oxygen atoms in total. The summed E-state index contributed by atoms with van der Waals surface area (Å²) in [6.45, 7) is 0.684. The fourth-order valence-corrected chi connectivity index (χ4v) is 3.44. The van der Waals surface area contributed by atoms with Gasteiger partial charge < -0.3 is 10.6 Å². The number of rotatable bonds is 3. The fourth-order valence-electron chi connectivity index (χ4n) is 2.52. The summed E-state index contributed by atoms with van der Waals surface area (Å²) in [6, 6.07) is -0.0872. The van der Waals surface area contributed by atoms with Crippen LogP contribution in [-0.4, -0.2) is 38.0 Å². The van der Waals surface area contributed by atoms with Crippen molar-refractivity contribution in [2.75, 3.05) is 6.54 Å². The Morgan fingerprint density at radius 2 is 2.24 bits per heavy atom. The molecule has 2 N–H and O–H groups in total. The third kappa shape index (κ3) is 2.54. The van der Waals surface area contributed by atoms with E-state index in [4.69, 9.17) is 5.73 Å². The lowest BCUT2D eigenvalue weighted by Gasteiger charge is -2.22. The molecule has 1 aliphatic rings. The Labute approximate surface area is 125 Å². The van der Waals surface area contributed by atoms with Gasteiger partial charge in [-0.2, -0.15) is 5.10 Å². The zero-order valence-electron chi connectivity index (χ0n) is 11.5. The summed E-state index contributed by atoms with van der Waals surface area (Å²) in [6.07, 6.45) is 6.51. The van der Waals surface area contributed by atoms with Gasteiger partial charge in [-0.15, -0.1) is 11.3 Å². The maximum absolute atomic E-state index is 12.5. The standard InChI is InChI=1S/C13H15N5O2S/c1-17-7-8(5-16-17)13(20)18-4-2-3-9(18)12-15-6-10(21-12)11(14)19/h5-7,9H,2-4H2,1H3,(H2,14,19)/t9-/m0/s1. The molecule has 110 valence electrons. The highest BCUT2D eigenvalue weighted by Gasteiger charge is 2.33. The monoisotopic (exact) mass is 305 g/mol. The first-order valence-corrected chi connectivity index (χ1v) is 7.43. The minimum atomic E-state index is -0.484. The van der Waals surface area contributed by atoms with Crippen LogP contribution in [0.1, 0.15) is 43.9 Å². The molecule has 1 aliphatic heterocycles. The number of carbonyl (C=O) groups excluding carboxylic acids is 2. The van der Waals surface area contributed by atoms with Gasteiger partial charge in [0.15, 0.2) is 0 Å². The minimum absolute atomic E-state index is 0.0542. The van der Waals surface area contributed by atoms with Crippen LogP contribution in [-0.2, 0) is 7.05 Å². The molecule has 2 aromatic rings. The summed E-state index contributed by atoms with van der Waals surface area (Å²) in [5, 5.41) is 4.79. The van der Waals surface area contributed by atoms with Gasteiger partial charge in [0.25, 0.3) is 11.8 Å². The molecule has 1 saturated heterocycles. The SMILES string of the molecule is Cn1cc(C(=O)N2CCC[C@H]2c2ncc(C(N)=O)s2)cn1. The van der Waals surface area contributed by atoms with E-state index < -0.39 is 5.91 Å². The summed E-state index contributed by atoms with van der Waals surface area (Å²) < 4.78 is 1.60. The van der Waals surface area contributed by atoms with Gasteiger partial charge in [-0.25, -0.2) is 4.98 Å². The number of primary amides is 1. The Morgan fingerprint density at radius 1 is 1.43 bits per heavy atom. The van der Waals surface area contributed by atoms with E-state index in [-0.39, 0.29) is 11.9 Å². The first kappa shape index (κ1) is 13.7. The van der Waals surface area contributed by atoms with Crippen LogP contribution in [0.25, 0.3) is 0 Å². The number of nitrogens with zero attached hydrogens (tertiary/aromatic N) is 4. The number of carbonyl (C=O) groups is 2. The van der Waals surface area contributed by atoms with Gasteiger partial charge in [-0.3, -0.25) is 14.3 Å². The van der Waals surface area contributed by atoms with Crippen LogP contribution in [0, 0.1) is 0 Å². The second kappa shape index (κ2) is 5.28. The summed E-state index contributed by atoms with van der Waals surface area (Å²) >= 11 is 1.26. The Morgan fingerprint density at radius 3 is 2.86 bits per heavy atom. The Kier molecular flexibility index (Phi) is 3.46. The molecule has 1 atom stereocenters. The normalized spacial score (nSPS) is 18.1. The molecule has 0 aromatic carbocycles. The molecule has 0 aliphatic carbocycles. The van der Waals surface area contributed by atoms with Gasteiger partial charge in [-0.05, 0) is 12.8 Å². The van der Waals surface area contributed by atoms with Gasteiger partial charge in [0.05, 0.1) is 24.0 Å². The molecule has 21 heavy (non-hydrogen) atoms. The first-order chi connectivity index (χ1) is 10.1. The van der Waals surface area contributed by atoms with Crippen LogP contribution in [0.2, 0.25) is 0 Å². The van der Waals surface area contributed by atoms with Gasteiger partial charge in [0.2, 0.25) is 0 Å². The minimum Gasteiger partial charge on any atom is -0.365 e. The van der Waals surface area contributed by atoms with Crippen LogP contribution in [0.5, 0.6) is 0 Å². The highest BCUT2D eigenvalue weighted by molar-refractivity contribution is 7.13. The van der Waals surface area contributed by atoms with E-state index in [0.29, 0.717) is 17.0 Å². The molecule has 0 unspecified atom stereocenters. The number of aryl methyl sites for hydroxylation is 1. The highest BCUT2D eigenvalue weighted by Crippen LogP contribution is 2.35. The lowest BCUT2D eigenvalue weighted by atomic mass is 10.2. The largest absolute Gasteiger partial charge is 0.365 e. The average Bonchev–Trinajstić information content (AvgIpc) is 3.17. The van der Waals surface area contributed by atoms with Crippen molar-refractivity contribution >= 4 is 23.2 Å². The molecule has 8 heteroatoms. The molecular formula is C13H15N5O2S. The van der Waals surface area contributed by atoms with Crippen LogP contribution in [0.15, 0.2) is 18.6 Å². The maximum Gasteiger partial charge on any atom is 0.260 e. The number of likely N-dealkylation sites (tertiary alicyclic amines) is 1. The second-order valence-corrected chi connectivity index (χ2v) is 6.05. The molecule has 1 fully saturated rings. The summed E-state index contributed by atoms with van der Waals surface area (Å²) in [7, 11) is 1.78. The van der Waals surface area contributed by atoms with Crippen molar-refractivity contribution in [2.45, 2.75) is 18.9 Å². The van der Waals surface area contributed by atoms with Crippen molar-refractivity contribution in [1.82, 2.24) is 19.7 Å². The quantitative estimate of drug-likeness (QED) is 0.913. The summed E-state index contributed by atoms with van der Waals surface area (Å²) in [5.74, 6) is -0.539. The third-order valence-corrected chi connectivity index (χ3v) is 4.63. The van der Waals surface area contributed by atoms with E-state index in [1.807, 2.05) is 0 Å². The van der Waals surface area contributed by atoms with Crippen LogP contribution >= 0.6 is 11.3 Å². The predicted octanol–water partition coefficient (Wildman–Crippen LogP) is 0.953. The number of hydrogen-bond donors (Lipinski definition) is 1. The van der Waals surface area contributed by atoms with Crippen molar-refractivity contribution in [2.24, 2.45) is 12.8 Å². The Balaban J connectivity index is 1.84. The molecule has 3 rings (SSSR count). The average molecular weight is 305 g/mol. The smallest absolute Gasteiger partial charge is 0.260 e. The van der Waals surface area contributed by atoms with Crippen LogP contribution in [0.4, 0.5) is 0 Å². The van der Waals surface area contributed by atoms with Crippen molar-refractivity contribution in [3.8, 4) is 0 Å². The van der Waals surface area contributed by atoms with Crippen molar-refractivity contribution in [1.29, 1.82) is 0 Å². The highest BCUT2D eigenvalue weighted by atomic mass is 32.1. The molecule has 2 amide bonds. The third-order valence-electron chi connectivity index (χ3n) is 3.52. The van der Waals surface area contributed by atoms with E-state index in [0.717, 1.165) is 17.8 Å². The number of amides is 2. The molecule has 0 saturated carbocycles. The molecule has 2 aromatic heterocycles. The zero-order valence-corrected chi connectivity index (χ0v) is 12.3. The number of nitrogens with two attached hydrogens (primary N) is 1. The van der Waals surface area contributed by atoms with Crippen LogP contribution < -0.4 is 5.73 Å². The zero-order chi connectivity index (χ0) is 15.0. The van der Waals surface area contributed by atoms with Crippen molar-refractivity contribution in [3.63, 3.8) is 0 Å². The Bertz CT molecular complexity index is 692. The number of thiazole rings is 1. The lowest BCUT2D eigenvalue weighted by Crippen LogP contribution is -2.30. The van der Waals surface area contributed by atoms with Gasteiger partial charge >= 0.3 is 0 Å². The lowest BCUT2D eigenvalue weighted by molar-refractivity contribution is 0.0735. The number of aromatic nitrogens is 3. The summed E-state index contributed by atoms with van der Waals surface area (Å²) in [4.78, 5) is 30.2. The fraction of sp³-hybridized carbons (Fsp3) is 0.385. The molecule has 3 heterocycles. The van der Waals surface area contributed by atoms with Crippen LogP contribution in [0.3, 0.4) is 0 Å². The van der Waals surface area contributed by atoms with Gasteiger partial charge in [0, 0.05) is 19.8 Å². The van der Waals surface area contributed by atoms with E-state index in [1.165, 1.54) is 17.5 Å². The Hall–Kier alpha value is -2.22. The van der Waals surface area contributed by atoms with E-state index in [1.54, 1.807) is 29.0 Å². The van der Waals surface area contributed by atoms with Gasteiger partial charge in [0.1, 0.15) is 9.88 Å². The molecular weight excluding hydrogens is 290 g/mol. The second-order valence-electron chi connectivity index (χ2n) is 4.99. The van der Waals surface area contributed by atoms with Gasteiger partial charge in [-0.1, -0.05) is 0 Å². The predicted molar refractivity (Wildman–Crippen MR) is 76.9 cm³/mol. The van der Waals surface area contributed by atoms with E-state index in [2.05, 4.69) is 10.1 Å². The van der Waals surface area contributed by atoms with Crippen molar-refractivity contribution in [3.05, 3.63) is 34.0 Å². The molecule has 0 bridgehead atoms. The summed E-state index contributed by atoms with van der Waals surface area (Å²) in [5.41, 5.74) is 5.82. The van der Waals surface area contributed by atoms with E-state index in [9.17, 15) is 9.59 Å². The number of hydrogen-bond acceptors (Lipinski definition) is 5.